The molecule has 2 N–H and O–H groups in total. The van der Waals surface area contributed by atoms with Crippen LogP contribution in [0.4, 0.5) is 0 Å². The van der Waals surface area contributed by atoms with Gasteiger partial charge in [-0.1, -0.05) is 25.6 Å². The fourth-order valence-electron chi connectivity index (χ4n) is 2.04. The molecule has 2 atom stereocenters. The topological polar surface area (TPSA) is 49.9 Å². The Bertz CT molecular complexity index is 555. The van der Waals surface area contributed by atoms with E-state index in [1.165, 1.54) is 0 Å². The molecule has 2 aromatic rings. The molecule has 0 radical (unpaired) electrons. The van der Waals surface area contributed by atoms with E-state index in [1.54, 1.807) is 11.8 Å². The van der Waals surface area contributed by atoms with Gasteiger partial charge in [-0.2, -0.15) is 0 Å². The van der Waals surface area contributed by atoms with Crippen LogP contribution in [-0.4, -0.2) is 34.4 Å². The van der Waals surface area contributed by atoms with E-state index in [1.807, 2.05) is 25.1 Å². The highest BCUT2D eigenvalue weighted by Gasteiger charge is 2.14. The number of ether oxygens (including phenoxy) is 1. The van der Waals surface area contributed by atoms with E-state index in [0.717, 1.165) is 28.5 Å². The summed E-state index contributed by atoms with van der Waals surface area (Å²) < 4.78 is 5.51. The molecule has 1 aromatic heterocycles. The fraction of sp³-hybridized carbons (Fsp3) is 0.533. The number of nitrogens with zero attached hydrogens (tertiary/aromatic N) is 1. The van der Waals surface area contributed by atoms with Gasteiger partial charge in [0.05, 0.1) is 17.6 Å². The van der Waals surface area contributed by atoms with Gasteiger partial charge in [-0.25, -0.2) is 4.98 Å². The number of aromatic amines is 1. The average Bonchev–Trinajstić information content (AvgIpc) is 2.80. The second kappa shape index (κ2) is 6.99. The third-order valence-electron chi connectivity index (χ3n) is 3.27. The number of H-pyrrole nitrogens is 1. The number of hydrogen-bond acceptors (Lipinski definition) is 4. The molecule has 0 saturated heterocycles. The average molecular weight is 293 g/mol. The van der Waals surface area contributed by atoms with Gasteiger partial charge in [0.25, 0.3) is 0 Å². The SMILES string of the molecule is CCNC(C)C(C)Sc1nc2ccc(OCC)cc2[nH]1. The maximum atomic E-state index is 5.51. The van der Waals surface area contributed by atoms with Gasteiger partial charge in [0.1, 0.15) is 5.75 Å². The third kappa shape index (κ3) is 3.67. The van der Waals surface area contributed by atoms with Crippen molar-refractivity contribution < 1.29 is 4.74 Å². The summed E-state index contributed by atoms with van der Waals surface area (Å²) >= 11 is 1.77. The van der Waals surface area contributed by atoms with E-state index in [9.17, 15) is 0 Å². The van der Waals surface area contributed by atoms with E-state index >= 15 is 0 Å². The van der Waals surface area contributed by atoms with Gasteiger partial charge in [-0.05, 0) is 32.5 Å². The predicted molar refractivity (Wildman–Crippen MR) is 85.7 cm³/mol. The Balaban J connectivity index is 2.11. The van der Waals surface area contributed by atoms with Crippen molar-refractivity contribution in [1.82, 2.24) is 15.3 Å². The summed E-state index contributed by atoms with van der Waals surface area (Å²) in [4.78, 5) is 7.99. The minimum absolute atomic E-state index is 0.456. The molecule has 1 heterocycles. The molecule has 0 aliphatic heterocycles. The molecule has 0 spiro atoms. The Morgan fingerprint density at radius 3 is 2.85 bits per heavy atom. The fourth-order valence-corrected chi connectivity index (χ4v) is 3.02. The molecule has 0 aliphatic carbocycles. The number of imidazole rings is 1. The lowest BCUT2D eigenvalue weighted by Gasteiger charge is -2.18. The van der Waals surface area contributed by atoms with E-state index in [2.05, 4.69) is 36.1 Å². The first-order chi connectivity index (χ1) is 9.63. The van der Waals surface area contributed by atoms with E-state index < -0.39 is 0 Å². The van der Waals surface area contributed by atoms with Gasteiger partial charge in [0, 0.05) is 17.4 Å². The molecule has 0 aliphatic rings. The highest BCUT2D eigenvalue weighted by Crippen LogP contribution is 2.27. The Morgan fingerprint density at radius 2 is 2.15 bits per heavy atom. The molecule has 0 amide bonds. The summed E-state index contributed by atoms with van der Waals surface area (Å²) in [6.45, 7) is 10.2. The lowest BCUT2D eigenvalue weighted by molar-refractivity contribution is 0.340. The Kier molecular flexibility index (Phi) is 5.31. The number of benzene rings is 1. The van der Waals surface area contributed by atoms with Gasteiger partial charge in [0.15, 0.2) is 5.16 Å². The normalized spacial score (nSPS) is 14.4. The van der Waals surface area contributed by atoms with Crippen LogP contribution in [-0.2, 0) is 0 Å². The minimum Gasteiger partial charge on any atom is -0.494 e. The van der Waals surface area contributed by atoms with E-state index in [-0.39, 0.29) is 0 Å². The largest absolute Gasteiger partial charge is 0.494 e. The maximum absolute atomic E-state index is 5.51. The minimum atomic E-state index is 0.456. The lowest BCUT2D eigenvalue weighted by Crippen LogP contribution is -2.33. The smallest absolute Gasteiger partial charge is 0.166 e. The molecule has 1 aromatic carbocycles. The van der Waals surface area contributed by atoms with Crippen LogP contribution in [0.5, 0.6) is 5.75 Å². The molecular weight excluding hydrogens is 270 g/mol. The molecule has 0 bridgehead atoms. The van der Waals surface area contributed by atoms with E-state index in [4.69, 9.17) is 4.74 Å². The Labute approximate surface area is 124 Å². The van der Waals surface area contributed by atoms with Crippen molar-refractivity contribution in [3.8, 4) is 5.75 Å². The van der Waals surface area contributed by atoms with Gasteiger partial charge in [-0.3, -0.25) is 0 Å². The third-order valence-corrected chi connectivity index (χ3v) is 4.47. The summed E-state index contributed by atoms with van der Waals surface area (Å²) in [5.74, 6) is 0.884. The zero-order valence-corrected chi connectivity index (χ0v) is 13.4. The standard InChI is InChI=1S/C15H23N3OS/c1-5-16-10(3)11(4)20-15-17-13-8-7-12(19-6-2)9-14(13)18-15/h7-11,16H,5-6H2,1-4H3,(H,17,18). The van der Waals surface area contributed by atoms with Crippen molar-refractivity contribution >= 4 is 22.8 Å². The van der Waals surface area contributed by atoms with Gasteiger partial charge in [0.2, 0.25) is 0 Å². The number of aromatic nitrogens is 2. The van der Waals surface area contributed by atoms with E-state index in [0.29, 0.717) is 17.9 Å². The van der Waals surface area contributed by atoms with Crippen LogP contribution in [0.1, 0.15) is 27.7 Å². The molecule has 2 rings (SSSR count). The molecule has 5 heteroatoms. The molecule has 0 fully saturated rings. The van der Waals surface area contributed by atoms with Crippen LogP contribution >= 0.6 is 11.8 Å². The second-order valence-corrected chi connectivity index (χ2v) is 6.19. The quantitative estimate of drug-likeness (QED) is 0.768. The number of hydrogen-bond donors (Lipinski definition) is 2. The predicted octanol–water partition coefficient (Wildman–Crippen LogP) is 3.44. The zero-order chi connectivity index (χ0) is 14.5. The van der Waals surface area contributed by atoms with Crippen molar-refractivity contribution in [3.63, 3.8) is 0 Å². The number of fused-ring (bicyclic) bond motifs is 1. The summed E-state index contributed by atoms with van der Waals surface area (Å²) in [7, 11) is 0. The Hall–Kier alpha value is -1.20. The van der Waals surface area contributed by atoms with Crippen molar-refractivity contribution in [1.29, 1.82) is 0 Å². The molecule has 0 saturated carbocycles. The van der Waals surface area contributed by atoms with Crippen molar-refractivity contribution in [2.45, 2.75) is 44.1 Å². The second-order valence-electron chi connectivity index (χ2n) is 4.82. The van der Waals surface area contributed by atoms with Gasteiger partial charge >= 0.3 is 0 Å². The Morgan fingerprint density at radius 1 is 1.35 bits per heavy atom. The van der Waals surface area contributed by atoms with Crippen LogP contribution in [0.25, 0.3) is 11.0 Å². The summed E-state index contributed by atoms with van der Waals surface area (Å²) in [6.07, 6.45) is 0. The molecule has 4 nitrogen and oxygen atoms in total. The van der Waals surface area contributed by atoms with Crippen molar-refractivity contribution in [2.24, 2.45) is 0 Å². The summed E-state index contributed by atoms with van der Waals surface area (Å²) in [5, 5.41) is 4.87. The summed E-state index contributed by atoms with van der Waals surface area (Å²) in [6, 6.07) is 6.43. The molecule has 20 heavy (non-hydrogen) atoms. The first kappa shape index (κ1) is 15.2. The molecule has 110 valence electrons. The monoisotopic (exact) mass is 293 g/mol. The van der Waals surface area contributed by atoms with Crippen LogP contribution in [0.15, 0.2) is 23.4 Å². The van der Waals surface area contributed by atoms with Crippen LogP contribution in [0, 0.1) is 0 Å². The van der Waals surface area contributed by atoms with Crippen molar-refractivity contribution in [2.75, 3.05) is 13.2 Å². The first-order valence-electron chi connectivity index (χ1n) is 7.16. The van der Waals surface area contributed by atoms with Crippen LogP contribution in [0.3, 0.4) is 0 Å². The van der Waals surface area contributed by atoms with Crippen LogP contribution < -0.4 is 10.1 Å². The number of thioether (sulfide) groups is 1. The number of rotatable bonds is 7. The molecule has 2 unspecified atom stereocenters. The van der Waals surface area contributed by atoms with Crippen LogP contribution in [0.2, 0.25) is 0 Å². The number of nitrogens with one attached hydrogen (secondary N) is 2. The van der Waals surface area contributed by atoms with Crippen molar-refractivity contribution in [3.05, 3.63) is 18.2 Å². The van der Waals surface area contributed by atoms with Gasteiger partial charge < -0.3 is 15.0 Å². The summed E-state index contributed by atoms with van der Waals surface area (Å²) in [5.41, 5.74) is 2.01. The first-order valence-corrected chi connectivity index (χ1v) is 8.04. The maximum Gasteiger partial charge on any atom is 0.166 e. The highest BCUT2D eigenvalue weighted by molar-refractivity contribution is 7.99. The lowest BCUT2D eigenvalue weighted by atomic mass is 10.2. The van der Waals surface area contributed by atoms with Gasteiger partial charge in [-0.15, -0.1) is 0 Å². The molecular formula is C15H23N3OS. The zero-order valence-electron chi connectivity index (χ0n) is 12.6. The highest BCUT2D eigenvalue weighted by atomic mass is 32.2.